The van der Waals surface area contributed by atoms with Gasteiger partial charge in [-0.2, -0.15) is 0 Å². The highest BCUT2D eigenvalue weighted by Gasteiger charge is 2.57. The van der Waals surface area contributed by atoms with E-state index in [1.54, 1.807) is 11.9 Å². The number of aryl methyl sites for hydroxylation is 1. The number of rotatable bonds is 7. The van der Waals surface area contributed by atoms with Crippen LogP contribution >= 0.6 is 0 Å². The van der Waals surface area contributed by atoms with E-state index in [9.17, 15) is 9.59 Å². The van der Waals surface area contributed by atoms with Crippen molar-refractivity contribution in [1.29, 1.82) is 0 Å². The molecule has 28 heavy (non-hydrogen) atoms. The van der Waals surface area contributed by atoms with Crippen molar-refractivity contribution in [2.24, 2.45) is 5.41 Å². The Morgan fingerprint density at radius 2 is 1.64 bits per heavy atom. The van der Waals surface area contributed by atoms with Gasteiger partial charge in [-0.05, 0) is 69.5 Å². The third-order valence-electron chi connectivity index (χ3n) is 5.63. The second-order valence-corrected chi connectivity index (χ2v) is 7.41. The Balaban J connectivity index is 1.75. The molecular weight excluding hydrogens is 350 g/mol. The van der Waals surface area contributed by atoms with Crippen molar-refractivity contribution in [2.45, 2.75) is 33.6 Å². The van der Waals surface area contributed by atoms with Crippen LogP contribution in [0.3, 0.4) is 0 Å². The van der Waals surface area contributed by atoms with Crippen LogP contribution in [0.4, 0.5) is 17.1 Å². The maximum Gasteiger partial charge on any atom is 0.242 e. The number of hydrogen-bond acceptors (Lipinski definition) is 3. The molecule has 0 radical (unpaired) electrons. The van der Waals surface area contributed by atoms with Gasteiger partial charge >= 0.3 is 0 Å². The molecule has 0 bridgehead atoms. The van der Waals surface area contributed by atoms with Crippen LogP contribution in [0.5, 0.6) is 0 Å². The monoisotopic (exact) mass is 379 g/mol. The quantitative estimate of drug-likeness (QED) is 0.733. The number of nitrogens with zero attached hydrogens (tertiary/aromatic N) is 2. The molecule has 0 spiro atoms. The van der Waals surface area contributed by atoms with Crippen molar-refractivity contribution in [3.05, 3.63) is 54.1 Å². The summed E-state index contributed by atoms with van der Waals surface area (Å²) in [5, 5.41) is 3.00. The van der Waals surface area contributed by atoms with Crippen LogP contribution < -0.4 is 15.1 Å². The van der Waals surface area contributed by atoms with E-state index < -0.39 is 5.41 Å². The zero-order valence-corrected chi connectivity index (χ0v) is 17.2. The van der Waals surface area contributed by atoms with Crippen LogP contribution in [0.1, 0.15) is 32.3 Å². The normalized spacial score (nSPS) is 14.3. The van der Waals surface area contributed by atoms with Gasteiger partial charge in [0.25, 0.3) is 0 Å². The number of para-hydroxylation sites is 1. The lowest BCUT2D eigenvalue weighted by Crippen LogP contribution is -2.41. The summed E-state index contributed by atoms with van der Waals surface area (Å²) in [6.07, 6.45) is 1.18. The highest BCUT2D eigenvalue weighted by molar-refractivity contribution is 6.17. The number of anilines is 3. The molecule has 2 aromatic carbocycles. The Kier molecular flexibility index (Phi) is 5.73. The summed E-state index contributed by atoms with van der Waals surface area (Å²) in [7, 11) is 1.73. The fourth-order valence-electron chi connectivity index (χ4n) is 3.57. The highest BCUT2D eigenvalue weighted by Crippen LogP contribution is 2.48. The van der Waals surface area contributed by atoms with Gasteiger partial charge in [-0.15, -0.1) is 0 Å². The van der Waals surface area contributed by atoms with E-state index in [1.807, 2.05) is 49.4 Å². The zero-order chi connectivity index (χ0) is 20.3. The van der Waals surface area contributed by atoms with Crippen LogP contribution in [0.25, 0.3) is 0 Å². The predicted octanol–water partition coefficient (Wildman–Crippen LogP) is 4.22. The molecule has 0 unspecified atom stereocenters. The smallest absolute Gasteiger partial charge is 0.242 e. The average Bonchev–Trinajstić information content (AvgIpc) is 3.52. The molecule has 0 saturated heterocycles. The first-order valence-electron chi connectivity index (χ1n) is 9.93. The van der Waals surface area contributed by atoms with E-state index in [4.69, 9.17) is 0 Å². The molecule has 2 aromatic rings. The van der Waals surface area contributed by atoms with E-state index in [1.165, 1.54) is 0 Å². The lowest BCUT2D eigenvalue weighted by molar-refractivity contribution is -0.132. The molecule has 3 rings (SSSR count). The Morgan fingerprint density at radius 3 is 2.18 bits per heavy atom. The first kappa shape index (κ1) is 19.9. The van der Waals surface area contributed by atoms with E-state index in [0.29, 0.717) is 12.8 Å². The number of nitrogens with one attached hydrogen (secondary N) is 1. The summed E-state index contributed by atoms with van der Waals surface area (Å²) in [5.41, 5.74) is 2.75. The Morgan fingerprint density at radius 1 is 1.00 bits per heavy atom. The van der Waals surface area contributed by atoms with Crippen molar-refractivity contribution in [3.63, 3.8) is 0 Å². The maximum absolute atomic E-state index is 13.0. The molecule has 1 saturated carbocycles. The molecule has 5 nitrogen and oxygen atoms in total. The summed E-state index contributed by atoms with van der Waals surface area (Å²) in [6.45, 7) is 8.11. The molecule has 0 heterocycles. The van der Waals surface area contributed by atoms with Gasteiger partial charge in [-0.3, -0.25) is 9.59 Å². The topological polar surface area (TPSA) is 52.7 Å². The van der Waals surface area contributed by atoms with Gasteiger partial charge in [0.15, 0.2) is 0 Å². The molecule has 1 fully saturated rings. The van der Waals surface area contributed by atoms with Crippen LogP contribution in [-0.4, -0.2) is 32.0 Å². The Labute approximate surface area is 167 Å². The van der Waals surface area contributed by atoms with Gasteiger partial charge in [0.05, 0.1) is 0 Å². The third-order valence-corrected chi connectivity index (χ3v) is 5.63. The van der Waals surface area contributed by atoms with Crippen LogP contribution in [-0.2, 0) is 9.59 Å². The second-order valence-electron chi connectivity index (χ2n) is 7.41. The molecule has 1 aliphatic carbocycles. The zero-order valence-electron chi connectivity index (χ0n) is 17.2. The predicted molar refractivity (Wildman–Crippen MR) is 115 cm³/mol. The third kappa shape index (κ3) is 3.75. The standard InChI is InChI=1S/C23H29N3O2/c1-5-26(6-2)19-12-13-20(17(3)16-19)24-21(27)23(14-15-23)22(28)25(4)18-10-8-7-9-11-18/h7-13,16H,5-6,14-15H2,1-4H3,(H,24,27). The van der Waals surface area contributed by atoms with Crippen LogP contribution in [0.2, 0.25) is 0 Å². The minimum atomic E-state index is -0.950. The van der Waals surface area contributed by atoms with E-state index in [0.717, 1.165) is 35.7 Å². The van der Waals surface area contributed by atoms with Crippen molar-refractivity contribution in [2.75, 3.05) is 35.3 Å². The molecule has 148 valence electrons. The summed E-state index contributed by atoms with van der Waals surface area (Å²) in [6, 6.07) is 15.5. The first-order chi connectivity index (χ1) is 13.4. The molecule has 0 aliphatic heterocycles. The molecule has 2 amide bonds. The van der Waals surface area contributed by atoms with Gasteiger partial charge in [-0.25, -0.2) is 0 Å². The number of hydrogen-bond donors (Lipinski definition) is 1. The van der Waals surface area contributed by atoms with Gasteiger partial charge in [0.1, 0.15) is 5.41 Å². The SMILES string of the molecule is CCN(CC)c1ccc(NC(=O)C2(C(=O)N(C)c3ccccc3)CC2)c(C)c1. The molecule has 0 aromatic heterocycles. The van der Waals surface area contributed by atoms with Gasteiger partial charge in [-0.1, -0.05) is 18.2 Å². The minimum Gasteiger partial charge on any atom is -0.372 e. The summed E-state index contributed by atoms with van der Waals surface area (Å²) >= 11 is 0. The van der Waals surface area contributed by atoms with Crippen molar-refractivity contribution in [1.82, 2.24) is 0 Å². The minimum absolute atomic E-state index is 0.145. The van der Waals surface area contributed by atoms with E-state index in [2.05, 4.69) is 30.1 Å². The lowest BCUT2D eigenvalue weighted by Gasteiger charge is -2.24. The number of amides is 2. The van der Waals surface area contributed by atoms with Crippen LogP contribution in [0, 0.1) is 12.3 Å². The van der Waals surface area contributed by atoms with Gasteiger partial charge < -0.3 is 15.1 Å². The van der Waals surface area contributed by atoms with Crippen LogP contribution in [0.15, 0.2) is 48.5 Å². The average molecular weight is 380 g/mol. The Hall–Kier alpha value is -2.82. The second kappa shape index (κ2) is 8.05. The molecule has 1 N–H and O–H groups in total. The molecule has 0 atom stereocenters. The Bertz CT molecular complexity index is 855. The maximum atomic E-state index is 13.0. The van der Waals surface area contributed by atoms with Crippen molar-refractivity contribution < 1.29 is 9.59 Å². The fourth-order valence-corrected chi connectivity index (χ4v) is 3.57. The molecule has 5 heteroatoms. The first-order valence-corrected chi connectivity index (χ1v) is 9.93. The largest absolute Gasteiger partial charge is 0.372 e. The fraction of sp³-hybridized carbons (Fsp3) is 0.391. The summed E-state index contributed by atoms with van der Waals surface area (Å²) in [4.78, 5) is 29.9. The number of carbonyl (C=O) groups is 2. The number of benzene rings is 2. The van der Waals surface area contributed by atoms with Gasteiger partial charge in [0.2, 0.25) is 11.8 Å². The lowest BCUT2D eigenvalue weighted by atomic mass is 10.0. The van der Waals surface area contributed by atoms with E-state index >= 15 is 0 Å². The van der Waals surface area contributed by atoms with Crippen molar-refractivity contribution >= 4 is 28.9 Å². The molecule has 1 aliphatic rings. The number of carbonyl (C=O) groups excluding carboxylic acids is 2. The van der Waals surface area contributed by atoms with Crippen molar-refractivity contribution in [3.8, 4) is 0 Å². The molecular formula is C23H29N3O2. The van der Waals surface area contributed by atoms with E-state index in [-0.39, 0.29) is 11.8 Å². The summed E-state index contributed by atoms with van der Waals surface area (Å²) < 4.78 is 0. The van der Waals surface area contributed by atoms with Gasteiger partial charge in [0, 0.05) is 37.2 Å². The summed E-state index contributed by atoms with van der Waals surface area (Å²) in [5.74, 6) is -0.354. The highest BCUT2D eigenvalue weighted by atomic mass is 16.2.